The summed E-state index contributed by atoms with van der Waals surface area (Å²) < 4.78 is 7.10. The van der Waals surface area contributed by atoms with Crippen LogP contribution in [0.5, 0.6) is 0 Å². The van der Waals surface area contributed by atoms with E-state index in [1.54, 1.807) is 7.11 Å². The SMILES string of the molecule is COCCc1ccc(C=O)n1Cc1ccc(Cl)cc1. The van der Waals surface area contributed by atoms with Crippen LogP contribution in [0.15, 0.2) is 36.4 Å². The summed E-state index contributed by atoms with van der Waals surface area (Å²) in [6.07, 6.45) is 1.67. The molecule has 1 aromatic heterocycles. The Labute approximate surface area is 117 Å². The third-order valence-corrected chi connectivity index (χ3v) is 3.29. The van der Waals surface area contributed by atoms with Crippen molar-refractivity contribution < 1.29 is 9.53 Å². The van der Waals surface area contributed by atoms with Gasteiger partial charge in [-0.15, -0.1) is 0 Å². The molecule has 0 saturated heterocycles. The molecule has 0 N–H and O–H groups in total. The molecule has 4 heteroatoms. The first kappa shape index (κ1) is 13.8. The molecule has 0 bridgehead atoms. The molecular formula is C15H16ClNO2. The van der Waals surface area contributed by atoms with Crippen LogP contribution in [0, 0.1) is 0 Å². The molecule has 0 unspecified atom stereocenters. The first-order chi connectivity index (χ1) is 9.24. The van der Waals surface area contributed by atoms with Gasteiger partial charge in [0, 0.05) is 30.8 Å². The van der Waals surface area contributed by atoms with Crippen LogP contribution < -0.4 is 0 Å². The first-order valence-corrected chi connectivity index (χ1v) is 6.49. The average molecular weight is 278 g/mol. The van der Waals surface area contributed by atoms with E-state index < -0.39 is 0 Å². The summed E-state index contributed by atoms with van der Waals surface area (Å²) >= 11 is 5.87. The molecular weight excluding hydrogens is 262 g/mol. The first-order valence-electron chi connectivity index (χ1n) is 6.11. The second-order valence-electron chi connectivity index (χ2n) is 4.32. The number of methoxy groups -OCH3 is 1. The van der Waals surface area contributed by atoms with Gasteiger partial charge in [-0.1, -0.05) is 23.7 Å². The fraction of sp³-hybridized carbons (Fsp3) is 0.267. The van der Waals surface area contributed by atoms with Crippen molar-refractivity contribution in [1.82, 2.24) is 4.57 Å². The van der Waals surface area contributed by atoms with Gasteiger partial charge in [-0.05, 0) is 29.8 Å². The molecule has 0 aliphatic heterocycles. The van der Waals surface area contributed by atoms with E-state index in [2.05, 4.69) is 0 Å². The Morgan fingerprint density at radius 2 is 1.95 bits per heavy atom. The number of benzene rings is 1. The number of hydrogen-bond acceptors (Lipinski definition) is 2. The fourth-order valence-electron chi connectivity index (χ4n) is 2.02. The molecule has 0 aliphatic carbocycles. The van der Waals surface area contributed by atoms with Crippen molar-refractivity contribution in [3.05, 3.63) is 58.4 Å². The third-order valence-electron chi connectivity index (χ3n) is 3.04. The summed E-state index contributed by atoms with van der Waals surface area (Å²) in [6.45, 7) is 1.31. The maximum absolute atomic E-state index is 11.1. The van der Waals surface area contributed by atoms with Crippen LogP contribution in [0.4, 0.5) is 0 Å². The summed E-state index contributed by atoms with van der Waals surface area (Å²) in [5, 5.41) is 0.714. The number of ether oxygens (including phenoxy) is 1. The van der Waals surface area contributed by atoms with Crippen molar-refractivity contribution >= 4 is 17.9 Å². The number of aromatic nitrogens is 1. The molecule has 19 heavy (non-hydrogen) atoms. The lowest BCUT2D eigenvalue weighted by Gasteiger charge is -2.11. The van der Waals surface area contributed by atoms with E-state index in [0.717, 1.165) is 24.0 Å². The second kappa shape index (κ2) is 6.55. The molecule has 100 valence electrons. The van der Waals surface area contributed by atoms with Gasteiger partial charge in [0.1, 0.15) is 0 Å². The lowest BCUT2D eigenvalue weighted by molar-refractivity contribution is 0.111. The minimum Gasteiger partial charge on any atom is -0.384 e. The van der Waals surface area contributed by atoms with Gasteiger partial charge in [0.05, 0.1) is 12.3 Å². The molecule has 0 radical (unpaired) electrons. The Balaban J connectivity index is 2.23. The van der Waals surface area contributed by atoms with Crippen molar-refractivity contribution in [3.8, 4) is 0 Å². The maximum Gasteiger partial charge on any atom is 0.166 e. The molecule has 3 nitrogen and oxygen atoms in total. The van der Waals surface area contributed by atoms with Crippen LogP contribution in [0.2, 0.25) is 5.02 Å². The smallest absolute Gasteiger partial charge is 0.166 e. The summed E-state index contributed by atoms with van der Waals surface area (Å²) in [5.41, 5.74) is 2.89. The van der Waals surface area contributed by atoms with Gasteiger partial charge >= 0.3 is 0 Å². The fourth-order valence-corrected chi connectivity index (χ4v) is 2.15. The zero-order valence-corrected chi connectivity index (χ0v) is 11.6. The van der Waals surface area contributed by atoms with E-state index in [0.29, 0.717) is 23.9 Å². The molecule has 0 amide bonds. The number of carbonyl (C=O) groups is 1. The van der Waals surface area contributed by atoms with Gasteiger partial charge in [-0.25, -0.2) is 0 Å². The quantitative estimate of drug-likeness (QED) is 0.760. The topological polar surface area (TPSA) is 31.2 Å². The van der Waals surface area contributed by atoms with Crippen molar-refractivity contribution in [2.45, 2.75) is 13.0 Å². The van der Waals surface area contributed by atoms with Crippen LogP contribution in [-0.4, -0.2) is 24.6 Å². The zero-order chi connectivity index (χ0) is 13.7. The van der Waals surface area contributed by atoms with Crippen LogP contribution in [0.1, 0.15) is 21.7 Å². The Morgan fingerprint density at radius 3 is 2.58 bits per heavy atom. The number of halogens is 1. The molecule has 2 aromatic rings. The normalized spacial score (nSPS) is 10.6. The van der Waals surface area contributed by atoms with Crippen molar-refractivity contribution in [2.24, 2.45) is 0 Å². The Kier molecular flexibility index (Phi) is 4.77. The van der Waals surface area contributed by atoms with Crippen LogP contribution in [-0.2, 0) is 17.7 Å². The molecule has 0 aliphatic rings. The molecule has 0 atom stereocenters. The summed E-state index contributed by atoms with van der Waals surface area (Å²) in [7, 11) is 1.67. The van der Waals surface area contributed by atoms with E-state index in [1.165, 1.54) is 0 Å². The van der Waals surface area contributed by atoms with Gasteiger partial charge in [0.15, 0.2) is 6.29 Å². The largest absolute Gasteiger partial charge is 0.384 e. The molecule has 0 saturated carbocycles. The average Bonchev–Trinajstić information content (AvgIpc) is 2.81. The van der Waals surface area contributed by atoms with E-state index in [4.69, 9.17) is 16.3 Å². The van der Waals surface area contributed by atoms with Gasteiger partial charge in [0.2, 0.25) is 0 Å². The molecule has 1 heterocycles. The number of hydrogen-bond donors (Lipinski definition) is 0. The Hall–Kier alpha value is -1.58. The second-order valence-corrected chi connectivity index (χ2v) is 4.76. The Morgan fingerprint density at radius 1 is 1.21 bits per heavy atom. The predicted octanol–water partition coefficient (Wildman–Crippen LogP) is 3.19. The lowest BCUT2D eigenvalue weighted by atomic mass is 10.2. The molecule has 2 rings (SSSR count). The van der Waals surface area contributed by atoms with E-state index in [1.807, 2.05) is 41.0 Å². The van der Waals surface area contributed by atoms with E-state index in [-0.39, 0.29) is 0 Å². The Bertz CT molecular complexity index is 546. The third kappa shape index (κ3) is 3.46. The monoisotopic (exact) mass is 277 g/mol. The van der Waals surface area contributed by atoms with Gasteiger partial charge in [-0.3, -0.25) is 4.79 Å². The predicted molar refractivity (Wildman–Crippen MR) is 76.0 cm³/mol. The summed E-state index contributed by atoms with van der Waals surface area (Å²) in [4.78, 5) is 11.1. The van der Waals surface area contributed by atoms with Crippen molar-refractivity contribution in [3.63, 3.8) is 0 Å². The van der Waals surface area contributed by atoms with E-state index >= 15 is 0 Å². The molecule has 0 fully saturated rings. The van der Waals surface area contributed by atoms with E-state index in [9.17, 15) is 4.79 Å². The van der Waals surface area contributed by atoms with Crippen molar-refractivity contribution in [2.75, 3.05) is 13.7 Å². The standard InChI is InChI=1S/C15H16ClNO2/c1-19-9-8-14-6-7-15(11-18)17(14)10-12-2-4-13(16)5-3-12/h2-7,11H,8-10H2,1H3. The highest BCUT2D eigenvalue weighted by Gasteiger charge is 2.08. The number of rotatable bonds is 6. The van der Waals surface area contributed by atoms with Crippen LogP contribution in [0.25, 0.3) is 0 Å². The number of carbonyl (C=O) groups excluding carboxylic acids is 1. The maximum atomic E-state index is 11.1. The number of nitrogens with zero attached hydrogens (tertiary/aromatic N) is 1. The molecule has 0 spiro atoms. The highest BCUT2D eigenvalue weighted by atomic mass is 35.5. The highest BCUT2D eigenvalue weighted by Crippen LogP contribution is 2.15. The highest BCUT2D eigenvalue weighted by molar-refractivity contribution is 6.30. The van der Waals surface area contributed by atoms with Gasteiger partial charge < -0.3 is 9.30 Å². The zero-order valence-electron chi connectivity index (χ0n) is 10.8. The minimum atomic E-state index is 0.642. The van der Waals surface area contributed by atoms with Crippen LogP contribution in [0.3, 0.4) is 0 Å². The molecule has 1 aromatic carbocycles. The van der Waals surface area contributed by atoms with Crippen molar-refractivity contribution in [1.29, 1.82) is 0 Å². The summed E-state index contributed by atoms with van der Waals surface area (Å²) in [6, 6.07) is 11.5. The lowest BCUT2D eigenvalue weighted by Crippen LogP contribution is -2.09. The number of aldehydes is 1. The van der Waals surface area contributed by atoms with Gasteiger partial charge in [-0.2, -0.15) is 0 Å². The van der Waals surface area contributed by atoms with Crippen LogP contribution >= 0.6 is 11.6 Å². The summed E-state index contributed by atoms with van der Waals surface area (Å²) in [5.74, 6) is 0. The minimum absolute atomic E-state index is 0.642. The van der Waals surface area contributed by atoms with Gasteiger partial charge in [0.25, 0.3) is 0 Å².